The summed E-state index contributed by atoms with van der Waals surface area (Å²) in [6.07, 6.45) is 0.833. The first kappa shape index (κ1) is 19.5. The highest BCUT2D eigenvalue weighted by molar-refractivity contribution is 5.92. The molecule has 0 heterocycles. The number of carbonyl (C=O) groups excluding carboxylic acids is 2. The van der Waals surface area contributed by atoms with Gasteiger partial charge in [0.2, 0.25) is 0 Å². The van der Waals surface area contributed by atoms with Crippen LogP contribution in [-0.2, 0) is 16.1 Å². The van der Waals surface area contributed by atoms with Crippen molar-refractivity contribution in [3.05, 3.63) is 64.7 Å². The quantitative estimate of drug-likeness (QED) is 0.610. The van der Waals surface area contributed by atoms with Gasteiger partial charge in [-0.05, 0) is 43.5 Å². The predicted molar refractivity (Wildman–Crippen MR) is 103 cm³/mol. The summed E-state index contributed by atoms with van der Waals surface area (Å²) >= 11 is 0. The molecular formula is C21H26N2O3. The fourth-order valence-electron chi connectivity index (χ4n) is 2.55. The molecule has 0 aromatic heterocycles. The summed E-state index contributed by atoms with van der Waals surface area (Å²) < 4.78 is 5.18. The maximum absolute atomic E-state index is 12.5. The Kier molecular flexibility index (Phi) is 6.78. The zero-order valence-corrected chi connectivity index (χ0v) is 15.6. The molecule has 138 valence electrons. The average Bonchev–Trinajstić information content (AvgIpc) is 2.63. The number of hydrogen-bond donors (Lipinski definition) is 1. The highest BCUT2D eigenvalue weighted by Gasteiger charge is 2.17. The number of hydrogen-bond acceptors (Lipinski definition) is 4. The van der Waals surface area contributed by atoms with Crippen LogP contribution in [0.1, 0.15) is 40.4 Å². The van der Waals surface area contributed by atoms with Crippen molar-refractivity contribution in [2.24, 2.45) is 0 Å². The molecule has 0 saturated heterocycles. The molecule has 26 heavy (non-hydrogen) atoms. The van der Waals surface area contributed by atoms with Crippen molar-refractivity contribution < 1.29 is 14.3 Å². The fraction of sp³-hybridized carbons (Fsp3) is 0.333. The van der Waals surface area contributed by atoms with E-state index in [1.54, 1.807) is 23.1 Å². The summed E-state index contributed by atoms with van der Waals surface area (Å²) in [7, 11) is 0. The molecule has 0 atom stereocenters. The lowest BCUT2D eigenvalue weighted by Gasteiger charge is -2.22. The van der Waals surface area contributed by atoms with Crippen LogP contribution in [0, 0.1) is 13.8 Å². The Labute approximate surface area is 154 Å². The highest BCUT2D eigenvalue weighted by atomic mass is 16.5. The van der Waals surface area contributed by atoms with E-state index in [9.17, 15) is 9.59 Å². The van der Waals surface area contributed by atoms with Gasteiger partial charge in [0.25, 0.3) is 5.91 Å². The molecule has 0 fully saturated rings. The number of amides is 1. The fourth-order valence-corrected chi connectivity index (χ4v) is 2.55. The second kappa shape index (κ2) is 9.04. The van der Waals surface area contributed by atoms with Gasteiger partial charge in [-0.3, -0.25) is 4.79 Å². The molecule has 0 aliphatic heterocycles. The minimum atomic E-state index is -0.545. The summed E-state index contributed by atoms with van der Waals surface area (Å²) in [5.74, 6) is -0.752. The molecule has 2 aromatic rings. The SMILES string of the molecule is CCCN(Cc1ccc(C)cc1)C(=O)COC(=O)c1ccc(C)c(N)c1. The zero-order valence-electron chi connectivity index (χ0n) is 15.6. The number of nitrogen functional groups attached to an aromatic ring is 1. The third-order valence-electron chi connectivity index (χ3n) is 4.18. The molecule has 0 aliphatic carbocycles. The minimum absolute atomic E-state index is 0.208. The summed E-state index contributed by atoms with van der Waals surface area (Å²) in [6, 6.07) is 13.0. The van der Waals surface area contributed by atoms with Crippen LogP contribution in [0.15, 0.2) is 42.5 Å². The summed E-state index contributed by atoms with van der Waals surface area (Å²) in [5, 5.41) is 0. The van der Waals surface area contributed by atoms with Crippen LogP contribution in [0.2, 0.25) is 0 Å². The lowest BCUT2D eigenvalue weighted by atomic mass is 10.1. The number of rotatable bonds is 7. The molecule has 2 rings (SSSR count). The van der Waals surface area contributed by atoms with E-state index in [2.05, 4.69) is 0 Å². The Morgan fingerprint density at radius 3 is 2.38 bits per heavy atom. The third kappa shape index (κ3) is 5.34. The smallest absolute Gasteiger partial charge is 0.338 e. The number of ether oxygens (including phenoxy) is 1. The van der Waals surface area contributed by atoms with Gasteiger partial charge < -0.3 is 15.4 Å². The average molecular weight is 354 g/mol. The number of anilines is 1. The summed E-state index contributed by atoms with van der Waals surface area (Å²) in [4.78, 5) is 26.3. The predicted octanol–water partition coefficient (Wildman–Crippen LogP) is 3.48. The minimum Gasteiger partial charge on any atom is -0.452 e. The topological polar surface area (TPSA) is 72.6 Å². The van der Waals surface area contributed by atoms with Crippen LogP contribution in [0.25, 0.3) is 0 Å². The number of benzene rings is 2. The van der Waals surface area contributed by atoms with Crippen LogP contribution < -0.4 is 5.73 Å². The number of esters is 1. The molecule has 0 radical (unpaired) electrons. The van der Waals surface area contributed by atoms with Crippen molar-refractivity contribution >= 4 is 17.6 Å². The lowest BCUT2D eigenvalue weighted by Crippen LogP contribution is -2.34. The van der Waals surface area contributed by atoms with Gasteiger partial charge in [0.1, 0.15) is 0 Å². The first-order valence-corrected chi connectivity index (χ1v) is 8.77. The maximum Gasteiger partial charge on any atom is 0.338 e. The van der Waals surface area contributed by atoms with Crippen LogP contribution in [0.3, 0.4) is 0 Å². The van der Waals surface area contributed by atoms with Crippen molar-refractivity contribution in [3.63, 3.8) is 0 Å². The Balaban J connectivity index is 1.96. The summed E-state index contributed by atoms with van der Waals surface area (Å²) in [6.45, 7) is 6.73. The Hall–Kier alpha value is -2.82. The van der Waals surface area contributed by atoms with Crippen molar-refractivity contribution in [1.82, 2.24) is 4.90 Å². The molecule has 5 nitrogen and oxygen atoms in total. The first-order chi connectivity index (χ1) is 12.4. The number of nitrogens with two attached hydrogens (primary N) is 1. The highest BCUT2D eigenvalue weighted by Crippen LogP contribution is 2.14. The normalized spacial score (nSPS) is 10.4. The Bertz CT molecular complexity index is 769. The van der Waals surface area contributed by atoms with Crippen molar-refractivity contribution in [2.45, 2.75) is 33.7 Å². The van der Waals surface area contributed by atoms with E-state index in [0.29, 0.717) is 24.3 Å². The summed E-state index contributed by atoms with van der Waals surface area (Å²) in [5.41, 5.74) is 9.81. The standard InChI is InChI=1S/C21H26N2O3/c1-4-11-23(13-17-8-5-15(2)6-9-17)20(24)14-26-21(25)18-10-7-16(3)19(22)12-18/h5-10,12H,4,11,13-14,22H2,1-3H3. The molecular weight excluding hydrogens is 328 g/mol. The first-order valence-electron chi connectivity index (χ1n) is 8.77. The van der Waals surface area contributed by atoms with Gasteiger partial charge in [-0.15, -0.1) is 0 Å². The molecule has 0 spiro atoms. The van der Waals surface area contributed by atoms with Gasteiger partial charge in [-0.2, -0.15) is 0 Å². The van der Waals surface area contributed by atoms with Crippen molar-refractivity contribution in [1.29, 1.82) is 0 Å². The molecule has 0 unspecified atom stereocenters. The van der Waals surface area contributed by atoms with Gasteiger partial charge in [0, 0.05) is 18.8 Å². The number of carbonyl (C=O) groups is 2. The second-order valence-corrected chi connectivity index (χ2v) is 6.45. The monoisotopic (exact) mass is 354 g/mol. The molecule has 5 heteroatoms. The van der Waals surface area contributed by atoms with Crippen LogP contribution in [-0.4, -0.2) is 29.9 Å². The van der Waals surface area contributed by atoms with Gasteiger partial charge >= 0.3 is 5.97 Å². The molecule has 2 N–H and O–H groups in total. The third-order valence-corrected chi connectivity index (χ3v) is 4.18. The van der Waals surface area contributed by atoms with E-state index in [0.717, 1.165) is 17.5 Å². The molecule has 2 aromatic carbocycles. The Morgan fingerprint density at radius 2 is 1.77 bits per heavy atom. The van der Waals surface area contributed by atoms with E-state index < -0.39 is 5.97 Å². The van der Waals surface area contributed by atoms with E-state index in [1.807, 2.05) is 45.0 Å². The molecule has 0 saturated carbocycles. The van der Waals surface area contributed by atoms with Crippen LogP contribution in [0.4, 0.5) is 5.69 Å². The molecule has 0 bridgehead atoms. The second-order valence-electron chi connectivity index (χ2n) is 6.45. The van der Waals surface area contributed by atoms with Crippen LogP contribution in [0.5, 0.6) is 0 Å². The van der Waals surface area contributed by atoms with E-state index >= 15 is 0 Å². The Morgan fingerprint density at radius 1 is 1.08 bits per heavy atom. The van der Waals surface area contributed by atoms with E-state index in [4.69, 9.17) is 10.5 Å². The lowest BCUT2D eigenvalue weighted by molar-refractivity contribution is -0.135. The molecule has 1 amide bonds. The van der Waals surface area contributed by atoms with E-state index in [-0.39, 0.29) is 12.5 Å². The number of aryl methyl sites for hydroxylation is 2. The number of nitrogens with zero attached hydrogens (tertiary/aromatic N) is 1. The van der Waals surface area contributed by atoms with E-state index in [1.165, 1.54) is 5.56 Å². The zero-order chi connectivity index (χ0) is 19.1. The van der Waals surface area contributed by atoms with Gasteiger partial charge in [-0.1, -0.05) is 42.8 Å². The van der Waals surface area contributed by atoms with Crippen molar-refractivity contribution in [3.8, 4) is 0 Å². The van der Waals surface area contributed by atoms with Gasteiger partial charge in [0.15, 0.2) is 6.61 Å². The van der Waals surface area contributed by atoms with Crippen molar-refractivity contribution in [2.75, 3.05) is 18.9 Å². The van der Waals surface area contributed by atoms with Gasteiger partial charge in [0.05, 0.1) is 5.56 Å². The van der Waals surface area contributed by atoms with Gasteiger partial charge in [-0.25, -0.2) is 4.79 Å². The maximum atomic E-state index is 12.5. The van der Waals surface area contributed by atoms with Crippen LogP contribution >= 0.6 is 0 Å². The molecule has 0 aliphatic rings. The largest absolute Gasteiger partial charge is 0.452 e.